The molecule has 11 heteroatoms. The standard InChI is InChI=1S/C23H20F4N4O2S/c1-22(2)20(32)30(14-4-3-13(11-28)17(9-14)23(25,26)27)21(34)31(22)15-5-6-19(18(24)10-15)33-16-7-8-29-12-16/h3-6,9-10,16,29H,7-8,12H2,1-2H3. The van der Waals surface area contributed by atoms with Crippen LogP contribution in [-0.2, 0) is 11.0 Å². The molecule has 2 aliphatic heterocycles. The van der Waals surface area contributed by atoms with Gasteiger partial charge >= 0.3 is 6.18 Å². The largest absolute Gasteiger partial charge is 0.486 e. The summed E-state index contributed by atoms with van der Waals surface area (Å²) in [6.07, 6.45) is -4.20. The highest BCUT2D eigenvalue weighted by molar-refractivity contribution is 7.81. The third-order valence-electron chi connectivity index (χ3n) is 5.84. The number of rotatable bonds is 4. The highest BCUT2D eigenvalue weighted by atomic mass is 32.1. The van der Waals surface area contributed by atoms with Crippen molar-refractivity contribution in [2.45, 2.75) is 38.1 Å². The van der Waals surface area contributed by atoms with Gasteiger partial charge in [-0.15, -0.1) is 0 Å². The molecular formula is C23H20F4N4O2S. The molecule has 2 aliphatic rings. The maximum Gasteiger partial charge on any atom is 0.417 e. The van der Waals surface area contributed by atoms with Crippen LogP contribution in [0.3, 0.4) is 0 Å². The fraction of sp³-hybridized carbons (Fsp3) is 0.348. The highest BCUT2D eigenvalue weighted by Crippen LogP contribution is 2.40. The first kappa shape index (κ1) is 23.9. The number of benzene rings is 2. The molecule has 0 spiro atoms. The first-order valence-electron chi connectivity index (χ1n) is 10.4. The average Bonchev–Trinajstić information content (AvgIpc) is 3.33. The average molecular weight is 492 g/mol. The summed E-state index contributed by atoms with van der Waals surface area (Å²) in [4.78, 5) is 15.6. The van der Waals surface area contributed by atoms with Crippen LogP contribution in [0, 0.1) is 17.1 Å². The van der Waals surface area contributed by atoms with Crippen LogP contribution in [0.1, 0.15) is 31.4 Å². The molecule has 0 radical (unpaired) electrons. The van der Waals surface area contributed by atoms with Gasteiger partial charge in [-0.3, -0.25) is 9.69 Å². The summed E-state index contributed by atoms with van der Waals surface area (Å²) in [5.41, 5.74) is -2.93. The third-order valence-corrected chi connectivity index (χ3v) is 6.20. The Hall–Kier alpha value is -3.23. The van der Waals surface area contributed by atoms with Gasteiger partial charge in [-0.2, -0.15) is 18.4 Å². The third kappa shape index (κ3) is 4.08. The number of nitrogens with zero attached hydrogens (tertiary/aromatic N) is 3. The molecule has 4 rings (SSSR count). The van der Waals surface area contributed by atoms with Crippen LogP contribution in [0.25, 0.3) is 0 Å². The summed E-state index contributed by atoms with van der Waals surface area (Å²) in [6, 6.07) is 8.62. The van der Waals surface area contributed by atoms with Gasteiger partial charge in [0.05, 0.1) is 22.9 Å². The second-order valence-corrected chi connectivity index (χ2v) is 8.87. The minimum Gasteiger partial charge on any atom is -0.486 e. The number of amides is 1. The van der Waals surface area contributed by atoms with Gasteiger partial charge in [0.25, 0.3) is 5.91 Å². The van der Waals surface area contributed by atoms with Crippen molar-refractivity contribution in [3.05, 3.63) is 53.3 Å². The van der Waals surface area contributed by atoms with Crippen molar-refractivity contribution in [2.75, 3.05) is 22.9 Å². The van der Waals surface area contributed by atoms with E-state index in [9.17, 15) is 22.4 Å². The second kappa shape index (κ2) is 8.52. The Morgan fingerprint density at radius 1 is 1.21 bits per heavy atom. The molecule has 1 N–H and O–H groups in total. The lowest BCUT2D eigenvalue weighted by atomic mass is 10.0. The van der Waals surface area contributed by atoms with Gasteiger partial charge in [0, 0.05) is 18.3 Å². The fourth-order valence-corrected chi connectivity index (χ4v) is 4.61. The minimum absolute atomic E-state index is 0.0606. The molecule has 1 amide bonds. The quantitative estimate of drug-likeness (QED) is 0.505. The van der Waals surface area contributed by atoms with Gasteiger partial charge in [-0.1, -0.05) is 0 Å². The molecule has 2 heterocycles. The number of nitriles is 1. The van der Waals surface area contributed by atoms with Crippen molar-refractivity contribution in [2.24, 2.45) is 0 Å². The summed E-state index contributed by atoms with van der Waals surface area (Å²) in [7, 11) is 0. The van der Waals surface area contributed by atoms with Gasteiger partial charge in [-0.05, 0) is 69.4 Å². The van der Waals surface area contributed by atoms with Crippen molar-refractivity contribution in [3.63, 3.8) is 0 Å². The Morgan fingerprint density at radius 2 is 1.91 bits per heavy atom. The van der Waals surface area contributed by atoms with Gasteiger partial charge in [-0.25, -0.2) is 4.39 Å². The van der Waals surface area contributed by atoms with Crippen LogP contribution in [0.4, 0.5) is 28.9 Å². The summed E-state index contributed by atoms with van der Waals surface area (Å²) < 4.78 is 60.9. The Balaban J connectivity index is 1.69. The summed E-state index contributed by atoms with van der Waals surface area (Å²) in [6.45, 7) is 4.48. The maximum absolute atomic E-state index is 14.9. The minimum atomic E-state index is -4.80. The molecule has 2 aromatic rings. The van der Waals surface area contributed by atoms with Gasteiger partial charge in [0.15, 0.2) is 16.7 Å². The number of alkyl halides is 3. The first-order chi connectivity index (χ1) is 15.9. The van der Waals surface area contributed by atoms with E-state index in [1.165, 1.54) is 29.2 Å². The molecule has 0 bridgehead atoms. The van der Waals surface area contributed by atoms with Crippen molar-refractivity contribution in [3.8, 4) is 11.8 Å². The van der Waals surface area contributed by atoms with Crippen molar-refractivity contribution < 1.29 is 27.1 Å². The molecule has 0 aromatic heterocycles. The number of carbonyl (C=O) groups excluding carboxylic acids is 1. The molecule has 1 unspecified atom stereocenters. The van der Waals surface area contributed by atoms with E-state index in [4.69, 9.17) is 22.2 Å². The summed E-state index contributed by atoms with van der Waals surface area (Å²) in [5.74, 6) is -1.18. The van der Waals surface area contributed by atoms with E-state index in [0.29, 0.717) is 6.54 Å². The van der Waals surface area contributed by atoms with Gasteiger partial charge in [0.1, 0.15) is 11.6 Å². The van der Waals surface area contributed by atoms with Crippen LogP contribution >= 0.6 is 12.2 Å². The van der Waals surface area contributed by atoms with E-state index in [-0.39, 0.29) is 28.3 Å². The van der Waals surface area contributed by atoms with E-state index in [0.717, 1.165) is 30.0 Å². The number of carbonyl (C=O) groups is 1. The Kier molecular flexibility index (Phi) is 5.99. The number of anilines is 2. The van der Waals surface area contributed by atoms with E-state index in [2.05, 4.69) is 5.32 Å². The summed E-state index contributed by atoms with van der Waals surface area (Å²) in [5, 5.41) is 12.1. The van der Waals surface area contributed by atoms with Crippen LogP contribution in [0.15, 0.2) is 36.4 Å². The van der Waals surface area contributed by atoms with Gasteiger partial charge in [0.2, 0.25) is 0 Å². The molecule has 0 aliphatic carbocycles. The Labute approximate surface area is 198 Å². The molecule has 2 aromatic carbocycles. The first-order valence-corrected chi connectivity index (χ1v) is 10.8. The Bertz CT molecular complexity index is 1200. The zero-order chi connectivity index (χ0) is 24.8. The highest BCUT2D eigenvalue weighted by Gasteiger charge is 2.51. The molecular weight excluding hydrogens is 472 g/mol. The second-order valence-electron chi connectivity index (χ2n) is 8.50. The van der Waals surface area contributed by atoms with Crippen LogP contribution in [0.5, 0.6) is 5.75 Å². The Morgan fingerprint density at radius 3 is 2.50 bits per heavy atom. The fourth-order valence-electron chi connectivity index (χ4n) is 4.09. The van der Waals surface area contributed by atoms with Crippen LogP contribution < -0.4 is 19.9 Å². The molecule has 178 valence electrons. The zero-order valence-corrected chi connectivity index (χ0v) is 19.1. The summed E-state index contributed by atoms with van der Waals surface area (Å²) >= 11 is 5.46. The monoisotopic (exact) mass is 492 g/mol. The zero-order valence-electron chi connectivity index (χ0n) is 18.2. The van der Waals surface area contributed by atoms with Gasteiger partial charge < -0.3 is 15.0 Å². The van der Waals surface area contributed by atoms with Crippen LogP contribution in [0.2, 0.25) is 0 Å². The van der Waals surface area contributed by atoms with E-state index < -0.39 is 34.6 Å². The number of hydrogen-bond acceptors (Lipinski definition) is 5. The number of ether oxygens (including phenoxy) is 1. The lowest BCUT2D eigenvalue weighted by Crippen LogP contribution is -2.44. The molecule has 0 saturated carbocycles. The maximum atomic E-state index is 14.9. The van der Waals surface area contributed by atoms with Crippen LogP contribution in [-0.4, -0.2) is 35.8 Å². The lowest BCUT2D eigenvalue weighted by molar-refractivity contribution is -0.137. The predicted molar refractivity (Wildman–Crippen MR) is 121 cm³/mol. The van der Waals surface area contributed by atoms with E-state index >= 15 is 0 Å². The normalized spacial score (nSPS) is 20.1. The van der Waals surface area contributed by atoms with Crippen molar-refractivity contribution in [1.82, 2.24) is 5.32 Å². The SMILES string of the molecule is CC1(C)C(=O)N(c2ccc(C#N)c(C(F)(F)F)c2)C(=S)N1c1ccc(OC2CCNC2)c(F)c1. The number of halogens is 4. The smallest absolute Gasteiger partial charge is 0.417 e. The number of nitrogens with one attached hydrogen (secondary N) is 1. The molecule has 2 saturated heterocycles. The lowest BCUT2D eigenvalue weighted by Gasteiger charge is -2.29. The molecule has 2 fully saturated rings. The molecule has 6 nitrogen and oxygen atoms in total. The predicted octanol–water partition coefficient (Wildman–Crippen LogP) is 4.37. The molecule has 34 heavy (non-hydrogen) atoms. The van der Waals surface area contributed by atoms with E-state index in [1.54, 1.807) is 19.9 Å². The van der Waals surface area contributed by atoms with Crippen molar-refractivity contribution >= 4 is 34.6 Å². The topological polar surface area (TPSA) is 68.6 Å². The molecule has 1 atom stereocenters. The number of hydrogen-bond donors (Lipinski definition) is 1. The van der Waals surface area contributed by atoms with E-state index in [1.807, 2.05) is 0 Å². The number of thiocarbonyl (C=S) groups is 1. The van der Waals surface area contributed by atoms with Crippen molar-refractivity contribution in [1.29, 1.82) is 5.26 Å².